The van der Waals surface area contributed by atoms with Gasteiger partial charge in [-0.05, 0) is 75.5 Å². The first-order chi connectivity index (χ1) is 15.8. The number of likely N-dealkylation sites (tertiary alicyclic amines) is 1. The van der Waals surface area contributed by atoms with Crippen molar-refractivity contribution in [1.82, 2.24) is 15.2 Å². The van der Waals surface area contributed by atoms with Crippen LogP contribution in [-0.4, -0.2) is 48.1 Å². The molecule has 1 saturated carbocycles. The molecule has 4 rings (SSSR count). The number of carbonyl (C=O) groups excluding carboxylic acids is 1. The van der Waals surface area contributed by atoms with E-state index in [0.717, 1.165) is 35.5 Å². The lowest BCUT2D eigenvalue weighted by Crippen LogP contribution is -2.56. The van der Waals surface area contributed by atoms with Crippen LogP contribution in [0.25, 0.3) is 0 Å². The summed E-state index contributed by atoms with van der Waals surface area (Å²) in [6.07, 6.45) is 5.43. The number of pyridine rings is 1. The molecule has 1 saturated heterocycles. The summed E-state index contributed by atoms with van der Waals surface area (Å²) in [4.78, 5) is 31.9. The van der Waals surface area contributed by atoms with Crippen molar-refractivity contribution in [2.75, 3.05) is 20.2 Å². The van der Waals surface area contributed by atoms with Gasteiger partial charge >= 0.3 is 0 Å². The summed E-state index contributed by atoms with van der Waals surface area (Å²) in [5, 5.41) is 4.95. The van der Waals surface area contributed by atoms with E-state index in [1.165, 1.54) is 30.6 Å². The van der Waals surface area contributed by atoms with Crippen molar-refractivity contribution in [3.05, 3.63) is 54.6 Å². The summed E-state index contributed by atoms with van der Waals surface area (Å²) < 4.78 is 5.43. The van der Waals surface area contributed by atoms with Gasteiger partial charge in [0, 0.05) is 54.3 Å². The lowest BCUT2D eigenvalue weighted by Gasteiger charge is -2.46. The molecule has 7 heteroatoms. The van der Waals surface area contributed by atoms with E-state index in [2.05, 4.69) is 29.0 Å². The van der Waals surface area contributed by atoms with Gasteiger partial charge in [-0.2, -0.15) is 0 Å². The van der Waals surface area contributed by atoms with E-state index in [1.54, 1.807) is 11.3 Å². The predicted octanol–water partition coefficient (Wildman–Crippen LogP) is 4.28. The zero-order valence-corrected chi connectivity index (χ0v) is 21.3. The van der Waals surface area contributed by atoms with E-state index in [1.807, 2.05) is 32.4 Å². The van der Waals surface area contributed by atoms with Crippen molar-refractivity contribution in [2.45, 2.75) is 78.0 Å². The normalized spacial score (nSPS) is 22.7. The van der Waals surface area contributed by atoms with Crippen molar-refractivity contribution in [3.8, 4) is 0 Å². The Morgan fingerprint density at radius 2 is 1.94 bits per heavy atom. The Hall–Kier alpha value is -1.96. The molecule has 6 nitrogen and oxygen atoms in total. The molecule has 1 amide bonds. The van der Waals surface area contributed by atoms with Crippen LogP contribution in [0, 0.1) is 26.7 Å². The predicted molar refractivity (Wildman–Crippen MR) is 133 cm³/mol. The molecule has 1 atom stereocenters. The number of hydrogen-bond donors (Lipinski definition) is 2. The van der Waals surface area contributed by atoms with E-state index in [0.29, 0.717) is 29.5 Å². The number of carbonyl (C=O) groups is 1. The Kier molecular flexibility index (Phi) is 7.41. The second kappa shape index (κ2) is 10.1. The molecule has 180 valence electrons. The van der Waals surface area contributed by atoms with Crippen molar-refractivity contribution >= 4 is 17.2 Å². The maximum absolute atomic E-state index is 12.9. The Bertz CT molecular complexity index is 1050. The molecular formula is C26H37N3O3S. The van der Waals surface area contributed by atoms with Crippen LogP contribution in [0.5, 0.6) is 0 Å². The number of aromatic amines is 1. The quantitative estimate of drug-likeness (QED) is 0.632. The molecular weight excluding hydrogens is 434 g/mol. The fourth-order valence-corrected chi connectivity index (χ4v) is 6.79. The average Bonchev–Trinajstić information content (AvgIpc) is 3.13. The van der Waals surface area contributed by atoms with Crippen molar-refractivity contribution in [2.24, 2.45) is 5.92 Å². The standard InChI is InChI=1S/C26H37N3O3S/c1-15-10-16(2)28-26(31)22(15)11-27-25(30)23-14-33-24(18(23)4)17(3)19-6-8-20(9-7-19)29-12-21(13-29)32-5/h10,14,17,19-21H,6-9,11-13H2,1-5H3,(H,27,30)(H,28,31). The van der Waals surface area contributed by atoms with Crippen LogP contribution < -0.4 is 10.9 Å². The monoisotopic (exact) mass is 471 g/mol. The Morgan fingerprint density at radius 1 is 1.24 bits per heavy atom. The molecule has 0 radical (unpaired) electrons. The average molecular weight is 472 g/mol. The Morgan fingerprint density at radius 3 is 2.58 bits per heavy atom. The number of aromatic nitrogens is 1. The highest BCUT2D eigenvalue weighted by atomic mass is 32.1. The topological polar surface area (TPSA) is 74.4 Å². The van der Waals surface area contributed by atoms with Crippen LogP contribution in [0.15, 0.2) is 16.2 Å². The van der Waals surface area contributed by atoms with Crippen LogP contribution in [-0.2, 0) is 11.3 Å². The number of nitrogens with zero attached hydrogens (tertiary/aromatic N) is 1. The molecule has 2 fully saturated rings. The molecule has 3 heterocycles. The zero-order chi connectivity index (χ0) is 23.7. The Balaban J connectivity index is 1.34. The highest BCUT2D eigenvalue weighted by molar-refractivity contribution is 7.10. The summed E-state index contributed by atoms with van der Waals surface area (Å²) in [7, 11) is 1.81. The largest absolute Gasteiger partial charge is 0.379 e. The third-order valence-corrected chi connectivity index (χ3v) is 9.12. The fourth-order valence-electron chi connectivity index (χ4n) is 5.57. The van der Waals surface area contributed by atoms with E-state index in [4.69, 9.17) is 4.74 Å². The molecule has 0 aromatic carbocycles. The second-order valence-corrected chi connectivity index (χ2v) is 10.8. The van der Waals surface area contributed by atoms with Gasteiger partial charge in [0.1, 0.15) is 0 Å². The Labute approximate surface area is 200 Å². The third-order valence-electron chi connectivity index (χ3n) is 7.83. The van der Waals surface area contributed by atoms with E-state index < -0.39 is 0 Å². The van der Waals surface area contributed by atoms with Gasteiger partial charge in [0.2, 0.25) is 0 Å². The van der Waals surface area contributed by atoms with Gasteiger partial charge in [0.05, 0.1) is 11.7 Å². The van der Waals surface area contributed by atoms with Crippen molar-refractivity contribution in [3.63, 3.8) is 0 Å². The van der Waals surface area contributed by atoms with Gasteiger partial charge in [0.25, 0.3) is 11.5 Å². The molecule has 0 spiro atoms. The van der Waals surface area contributed by atoms with Gasteiger partial charge in [-0.15, -0.1) is 11.3 Å². The van der Waals surface area contributed by atoms with Crippen LogP contribution in [0.2, 0.25) is 0 Å². The second-order valence-electron chi connectivity index (χ2n) is 9.93. The van der Waals surface area contributed by atoms with Crippen LogP contribution >= 0.6 is 11.3 Å². The molecule has 2 N–H and O–H groups in total. The molecule has 33 heavy (non-hydrogen) atoms. The first-order valence-corrected chi connectivity index (χ1v) is 13.0. The van der Waals surface area contributed by atoms with Gasteiger partial charge in [-0.25, -0.2) is 0 Å². The van der Waals surface area contributed by atoms with E-state index >= 15 is 0 Å². The number of H-pyrrole nitrogens is 1. The number of nitrogens with one attached hydrogen (secondary N) is 2. The van der Waals surface area contributed by atoms with Crippen LogP contribution in [0.4, 0.5) is 0 Å². The van der Waals surface area contributed by atoms with Crippen LogP contribution in [0.1, 0.15) is 76.1 Å². The van der Waals surface area contributed by atoms with Crippen molar-refractivity contribution < 1.29 is 9.53 Å². The van der Waals surface area contributed by atoms with Gasteiger partial charge in [0.15, 0.2) is 0 Å². The van der Waals surface area contributed by atoms with Crippen LogP contribution in [0.3, 0.4) is 0 Å². The summed E-state index contributed by atoms with van der Waals surface area (Å²) in [5.74, 6) is 1.03. The van der Waals surface area contributed by atoms with Gasteiger partial charge in [-0.1, -0.05) is 6.92 Å². The minimum Gasteiger partial charge on any atom is -0.379 e. The minimum absolute atomic E-state index is 0.101. The van der Waals surface area contributed by atoms with Gasteiger partial charge < -0.3 is 15.0 Å². The summed E-state index contributed by atoms with van der Waals surface area (Å²) >= 11 is 1.71. The van der Waals surface area contributed by atoms with E-state index in [9.17, 15) is 9.59 Å². The number of ether oxygens (including phenoxy) is 1. The maximum atomic E-state index is 12.9. The lowest BCUT2D eigenvalue weighted by molar-refractivity contribution is -0.0600. The number of thiophene rings is 1. The number of rotatable bonds is 7. The number of hydrogen-bond acceptors (Lipinski definition) is 5. The highest BCUT2D eigenvalue weighted by Crippen LogP contribution is 2.41. The van der Waals surface area contributed by atoms with E-state index in [-0.39, 0.29) is 18.0 Å². The maximum Gasteiger partial charge on any atom is 0.253 e. The molecule has 1 unspecified atom stereocenters. The fraction of sp³-hybridized carbons (Fsp3) is 0.615. The number of methoxy groups -OCH3 is 1. The highest BCUT2D eigenvalue weighted by Gasteiger charge is 2.36. The number of aryl methyl sites for hydroxylation is 2. The first-order valence-electron chi connectivity index (χ1n) is 12.1. The molecule has 1 aliphatic carbocycles. The van der Waals surface area contributed by atoms with Gasteiger partial charge in [-0.3, -0.25) is 14.5 Å². The van der Waals surface area contributed by atoms with Crippen molar-refractivity contribution in [1.29, 1.82) is 0 Å². The minimum atomic E-state index is -0.129. The molecule has 1 aliphatic heterocycles. The molecule has 2 aromatic rings. The summed E-state index contributed by atoms with van der Waals surface area (Å²) in [6, 6.07) is 2.64. The SMILES string of the molecule is COC1CN(C2CCC(C(C)c3scc(C(=O)NCc4c(C)cc(C)[nH]c4=O)c3C)CC2)C1. The molecule has 2 aliphatic rings. The smallest absolute Gasteiger partial charge is 0.253 e. The zero-order valence-electron chi connectivity index (χ0n) is 20.5. The molecule has 0 bridgehead atoms. The molecule has 2 aromatic heterocycles. The lowest BCUT2D eigenvalue weighted by atomic mass is 9.77. The first kappa shape index (κ1) is 24.2. The summed E-state index contributed by atoms with van der Waals surface area (Å²) in [5.41, 5.74) is 4.05. The summed E-state index contributed by atoms with van der Waals surface area (Å²) in [6.45, 7) is 10.6. The number of amides is 1. The third kappa shape index (κ3) is 5.10.